The van der Waals surface area contributed by atoms with Gasteiger partial charge in [0, 0.05) is 66.0 Å². The predicted octanol–water partition coefficient (Wildman–Crippen LogP) is 3.85. The van der Waals surface area contributed by atoms with Crippen LogP contribution in [0.1, 0.15) is 52.1 Å². The molecule has 150 valence electrons. The van der Waals surface area contributed by atoms with Gasteiger partial charge in [0.15, 0.2) is 5.78 Å². The summed E-state index contributed by atoms with van der Waals surface area (Å²) >= 11 is 0. The molecular weight excluding hydrogens is 362 g/mol. The average Bonchev–Trinajstić information content (AvgIpc) is 3.35. The van der Waals surface area contributed by atoms with Crippen molar-refractivity contribution in [3.8, 4) is 0 Å². The monoisotopic (exact) mass is 389 g/mol. The first-order valence-corrected chi connectivity index (χ1v) is 10.7. The molecule has 0 fully saturated rings. The lowest BCUT2D eigenvalue weighted by molar-refractivity contribution is 0.0816. The molecule has 2 aromatic carbocycles. The number of nitrogens with zero attached hydrogens (tertiary/aromatic N) is 3. The SMILES string of the molecule is CCN(CC)CCn1c2ccc3c(c2c2c4c(ccc21)C(=O)N(C)C4)CCC3=O. The second kappa shape index (κ2) is 6.70. The van der Waals surface area contributed by atoms with Crippen LogP contribution in [0.2, 0.25) is 0 Å². The van der Waals surface area contributed by atoms with Crippen molar-refractivity contribution in [3.05, 3.63) is 46.5 Å². The molecule has 2 heterocycles. The second-order valence-corrected chi connectivity index (χ2v) is 8.23. The number of ketones is 1. The molecule has 0 bridgehead atoms. The second-order valence-electron chi connectivity index (χ2n) is 8.23. The Kier molecular flexibility index (Phi) is 4.24. The van der Waals surface area contributed by atoms with Crippen LogP contribution in [0.4, 0.5) is 0 Å². The largest absolute Gasteiger partial charge is 0.339 e. The third kappa shape index (κ3) is 2.57. The maximum Gasteiger partial charge on any atom is 0.254 e. The summed E-state index contributed by atoms with van der Waals surface area (Å²) in [5.74, 6) is 0.335. The quantitative estimate of drug-likeness (QED) is 0.666. The molecule has 5 heteroatoms. The van der Waals surface area contributed by atoms with Crippen LogP contribution in [-0.4, -0.2) is 52.7 Å². The molecule has 2 aliphatic rings. The lowest BCUT2D eigenvalue weighted by atomic mass is 9.98. The third-order valence-electron chi connectivity index (χ3n) is 6.82. The Morgan fingerprint density at radius 3 is 2.24 bits per heavy atom. The summed E-state index contributed by atoms with van der Waals surface area (Å²) in [7, 11) is 1.86. The number of carbonyl (C=O) groups excluding carboxylic acids is 2. The van der Waals surface area contributed by atoms with Crippen molar-refractivity contribution >= 4 is 33.5 Å². The van der Waals surface area contributed by atoms with Crippen molar-refractivity contribution in [1.29, 1.82) is 0 Å². The van der Waals surface area contributed by atoms with E-state index in [2.05, 4.69) is 35.4 Å². The molecule has 1 aromatic heterocycles. The van der Waals surface area contributed by atoms with Gasteiger partial charge in [-0.2, -0.15) is 0 Å². The van der Waals surface area contributed by atoms with Crippen LogP contribution in [-0.2, 0) is 19.5 Å². The van der Waals surface area contributed by atoms with E-state index < -0.39 is 0 Å². The Labute approximate surface area is 170 Å². The molecule has 5 rings (SSSR count). The summed E-state index contributed by atoms with van der Waals surface area (Å²) in [6.07, 6.45) is 1.39. The minimum absolute atomic E-state index is 0.0922. The topological polar surface area (TPSA) is 45.6 Å². The number of rotatable bonds is 5. The molecule has 1 amide bonds. The molecule has 0 atom stereocenters. The van der Waals surface area contributed by atoms with Gasteiger partial charge in [-0.05, 0) is 54.9 Å². The zero-order chi connectivity index (χ0) is 20.3. The smallest absolute Gasteiger partial charge is 0.254 e. The standard InChI is InChI=1S/C24H27N3O2/c1-4-26(5-2)12-13-27-19-9-6-15-16(8-11-21(15)28)22(19)23-18-14-25(3)24(29)17(18)7-10-20(23)27/h6-7,9-10H,4-5,8,11-14H2,1-3H3. The van der Waals surface area contributed by atoms with Gasteiger partial charge in [-0.25, -0.2) is 0 Å². The zero-order valence-corrected chi connectivity index (χ0v) is 17.4. The van der Waals surface area contributed by atoms with Crippen molar-refractivity contribution < 1.29 is 9.59 Å². The van der Waals surface area contributed by atoms with Crippen LogP contribution in [0.15, 0.2) is 24.3 Å². The van der Waals surface area contributed by atoms with Crippen LogP contribution in [0.5, 0.6) is 0 Å². The number of hydrogen-bond acceptors (Lipinski definition) is 3. The molecule has 29 heavy (non-hydrogen) atoms. The van der Waals surface area contributed by atoms with E-state index in [1.54, 1.807) is 4.90 Å². The fourth-order valence-corrected chi connectivity index (χ4v) is 5.20. The zero-order valence-electron chi connectivity index (χ0n) is 17.4. The number of Topliss-reactive ketones (excluding diaryl/α,β-unsaturated/α-hetero) is 1. The van der Waals surface area contributed by atoms with Crippen molar-refractivity contribution in [2.24, 2.45) is 0 Å². The number of amides is 1. The highest BCUT2D eigenvalue weighted by Crippen LogP contribution is 2.41. The average molecular weight is 389 g/mol. The minimum Gasteiger partial charge on any atom is -0.339 e. The Bertz CT molecular complexity index is 1170. The molecule has 0 saturated heterocycles. The first-order chi connectivity index (χ1) is 14.0. The lowest BCUT2D eigenvalue weighted by Gasteiger charge is -2.19. The first-order valence-electron chi connectivity index (χ1n) is 10.7. The third-order valence-corrected chi connectivity index (χ3v) is 6.82. The molecule has 0 radical (unpaired) electrons. The molecular formula is C24H27N3O2. The van der Waals surface area contributed by atoms with Gasteiger partial charge in [0.1, 0.15) is 0 Å². The molecule has 0 spiro atoms. The van der Waals surface area contributed by atoms with Crippen LogP contribution in [0.3, 0.4) is 0 Å². The molecule has 3 aromatic rings. The van der Waals surface area contributed by atoms with E-state index >= 15 is 0 Å². The fourth-order valence-electron chi connectivity index (χ4n) is 5.20. The highest BCUT2D eigenvalue weighted by atomic mass is 16.2. The molecule has 1 aliphatic carbocycles. The Hall–Kier alpha value is -2.66. The maximum absolute atomic E-state index is 12.6. The molecule has 5 nitrogen and oxygen atoms in total. The van der Waals surface area contributed by atoms with Gasteiger partial charge in [-0.3, -0.25) is 9.59 Å². The van der Waals surface area contributed by atoms with Crippen molar-refractivity contribution in [2.45, 2.75) is 39.8 Å². The molecule has 0 N–H and O–H groups in total. The number of aromatic nitrogens is 1. The summed E-state index contributed by atoms with van der Waals surface area (Å²) in [5.41, 5.74) is 6.35. The lowest BCUT2D eigenvalue weighted by Crippen LogP contribution is -2.26. The first kappa shape index (κ1) is 18.4. The van der Waals surface area contributed by atoms with E-state index in [0.29, 0.717) is 13.0 Å². The number of fused-ring (bicyclic) bond motifs is 7. The number of hydrogen-bond donors (Lipinski definition) is 0. The van der Waals surface area contributed by atoms with Gasteiger partial charge in [0.05, 0.1) is 0 Å². The van der Waals surface area contributed by atoms with Crippen molar-refractivity contribution in [1.82, 2.24) is 14.4 Å². The summed E-state index contributed by atoms with van der Waals surface area (Å²) in [6, 6.07) is 8.22. The minimum atomic E-state index is 0.0922. The summed E-state index contributed by atoms with van der Waals surface area (Å²) in [6.45, 7) is 8.98. The highest BCUT2D eigenvalue weighted by molar-refractivity contribution is 6.18. The van der Waals surface area contributed by atoms with Crippen molar-refractivity contribution in [2.75, 3.05) is 26.7 Å². The highest BCUT2D eigenvalue weighted by Gasteiger charge is 2.31. The number of likely N-dealkylation sites (N-methyl/N-ethyl adjacent to an activating group) is 1. The molecule has 0 unspecified atom stereocenters. The number of benzene rings is 2. The van der Waals surface area contributed by atoms with E-state index in [1.807, 2.05) is 19.2 Å². The van der Waals surface area contributed by atoms with E-state index in [1.165, 1.54) is 27.4 Å². The number of carbonyl (C=O) groups is 2. The Morgan fingerprint density at radius 2 is 1.55 bits per heavy atom. The number of aryl methyl sites for hydroxylation is 1. The molecule has 1 aliphatic heterocycles. The van der Waals surface area contributed by atoms with Crippen LogP contribution in [0, 0.1) is 0 Å². The van der Waals surface area contributed by atoms with Crippen LogP contribution < -0.4 is 0 Å². The van der Waals surface area contributed by atoms with E-state index in [0.717, 1.165) is 49.3 Å². The van der Waals surface area contributed by atoms with Gasteiger partial charge >= 0.3 is 0 Å². The maximum atomic E-state index is 12.6. The van der Waals surface area contributed by atoms with Gasteiger partial charge in [0.25, 0.3) is 5.91 Å². The van der Waals surface area contributed by atoms with Gasteiger partial charge < -0.3 is 14.4 Å². The predicted molar refractivity (Wildman–Crippen MR) is 116 cm³/mol. The Balaban J connectivity index is 1.80. The van der Waals surface area contributed by atoms with Gasteiger partial charge in [0.2, 0.25) is 0 Å². The normalized spacial score (nSPS) is 15.9. The van der Waals surface area contributed by atoms with Gasteiger partial charge in [-0.1, -0.05) is 13.8 Å². The summed E-state index contributed by atoms with van der Waals surface area (Å²) < 4.78 is 2.40. The summed E-state index contributed by atoms with van der Waals surface area (Å²) in [4.78, 5) is 29.2. The van der Waals surface area contributed by atoms with Crippen LogP contribution in [0.25, 0.3) is 21.8 Å². The van der Waals surface area contributed by atoms with Crippen LogP contribution >= 0.6 is 0 Å². The Morgan fingerprint density at radius 1 is 0.897 bits per heavy atom. The summed E-state index contributed by atoms with van der Waals surface area (Å²) in [5, 5.41) is 2.38. The fraction of sp³-hybridized carbons (Fsp3) is 0.417. The van der Waals surface area contributed by atoms with Gasteiger partial charge in [-0.15, -0.1) is 0 Å². The van der Waals surface area contributed by atoms with E-state index in [4.69, 9.17) is 0 Å². The van der Waals surface area contributed by atoms with E-state index in [9.17, 15) is 9.59 Å². The van der Waals surface area contributed by atoms with E-state index in [-0.39, 0.29) is 11.7 Å². The molecule has 0 saturated carbocycles. The van der Waals surface area contributed by atoms with Crippen molar-refractivity contribution in [3.63, 3.8) is 0 Å².